The average molecular weight is 200 g/mol. The van der Waals surface area contributed by atoms with Crippen molar-refractivity contribution in [1.29, 1.82) is 0 Å². The van der Waals surface area contributed by atoms with E-state index in [9.17, 15) is 4.79 Å². The lowest BCUT2D eigenvalue weighted by molar-refractivity contribution is -0.131. The molecule has 0 unspecified atom stereocenters. The van der Waals surface area contributed by atoms with Crippen LogP contribution >= 0.6 is 0 Å². The van der Waals surface area contributed by atoms with Gasteiger partial charge in [-0.25, -0.2) is 0 Å². The van der Waals surface area contributed by atoms with Gasteiger partial charge in [-0.1, -0.05) is 6.92 Å². The molecule has 1 rings (SSSR count). The van der Waals surface area contributed by atoms with Crippen LogP contribution in [0, 0.1) is 0 Å². The Kier molecular flexibility index (Phi) is 4.35. The second-order valence-electron chi connectivity index (χ2n) is 3.70. The predicted molar refractivity (Wildman–Crippen MR) is 55.1 cm³/mol. The summed E-state index contributed by atoms with van der Waals surface area (Å²) in [5, 5.41) is 6.07. The minimum Gasteiger partial charge on any atom is -0.381 e. The third kappa shape index (κ3) is 2.45. The van der Waals surface area contributed by atoms with Crippen molar-refractivity contribution in [3.63, 3.8) is 0 Å². The van der Waals surface area contributed by atoms with Crippen LogP contribution in [-0.2, 0) is 9.53 Å². The van der Waals surface area contributed by atoms with Crippen molar-refractivity contribution < 1.29 is 9.53 Å². The van der Waals surface area contributed by atoms with Crippen molar-refractivity contribution in [3.05, 3.63) is 0 Å². The lowest BCUT2D eigenvalue weighted by Gasteiger charge is -2.36. The number of hydrogen-bond acceptors (Lipinski definition) is 3. The zero-order valence-electron chi connectivity index (χ0n) is 9.06. The van der Waals surface area contributed by atoms with E-state index in [2.05, 4.69) is 17.6 Å². The molecule has 0 bridgehead atoms. The molecule has 82 valence electrons. The van der Waals surface area contributed by atoms with Gasteiger partial charge >= 0.3 is 0 Å². The average Bonchev–Trinajstić information content (AvgIpc) is 2.26. The maximum Gasteiger partial charge on any atom is 0.240 e. The van der Waals surface area contributed by atoms with Crippen LogP contribution in [0.3, 0.4) is 0 Å². The Balaban J connectivity index is 2.61. The predicted octanol–water partition coefficient (Wildman–Crippen LogP) is 0.281. The number of carbonyl (C=O) groups is 1. The van der Waals surface area contributed by atoms with Crippen LogP contribution < -0.4 is 10.6 Å². The summed E-state index contributed by atoms with van der Waals surface area (Å²) in [5.74, 6) is 0.0919. The van der Waals surface area contributed by atoms with E-state index in [0.29, 0.717) is 13.2 Å². The SMILES string of the molecule is CCCNC1(C(=O)NC)CCOCC1. The fourth-order valence-electron chi connectivity index (χ4n) is 1.81. The van der Waals surface area contributed by atoms with Gasteiger partial charge < -0.3 is 15.4 Å². The summed E-state index contributed by atoms with van der Waals surface area (Å²) in [4.78, 5) is 11.8. The van der Waals surface area contributed by atoms with Crippen LogP contribution in [0.5, 0.6) is 0 Å². The summed E-state index contributed by atoms with van der Waals surface area (Å²) in [6.45, 7) is 4.32. The van der Waals surface area contributed by atoms with Crippen molar-refractivity contribution in [2.24, 2.45) is 0 Å². The quantitative estimate of drug-likeness (QED) is 0.685. The molecule has 0 spiro atoms. The number of likely N-dealkylation sites (N-methyl/N-ethyl adjacent to an activating group) is 1. The molecular weight excluding hydrogens is 180 g/mol. The van der Waals surface area contributed by atoms with E-state index in [1.54, 1.807) is 7.05 Å². The van der Waals surface area contributed by atoms with Crippen LogP contribution in [0.4, 0.5) is 0 Å². The second-order valence-corrected chi connectivity index (χ2v) is 3.70. The molecule has 0 radical (unpaired) electrons. The third-order valence-corrected chi connectivity index (χ3v) is 2.72. The van der Waals surface area contributed by atoms with E-state index in [4.69, 9.17) is 4.74 Å². The summed E-state index contributed by atoms with van der Waals surface area (Å²) in [6, 6.07) is 0. The van der Waals surface area contributed by atoms with E-state index in [1.165, 1.54) is 0 Å². The van der Waals surface area contributed by atoms with E-state index < -0.39 is 0 Å². The van der Waals surface area contributed by atoms with Gasteiger partial charge in [0.2, 0.25) is 5.91 Å². The van der Waals surface area contributed by atoms with Crippen molar-refractivity contribution in [2.75, 3.05) is 26.8 Å². The van der Waals surface area contributed by atoms with Gasteiger partial charge in [-0.3, -0.25) is 4.79 Å². The van der Waals surface area contributed by atoms with Gasteiger partial charge in [-0.05, 0) is 25.8 Å². The maximum atomic E-state index is 11.8. The molecule has 0 aromatic heterocycles. The number of hydrogen-bond donors (Lipinski definition) is 2. The molecule has 14 heavy (non-hydrogen) atoms. The van der Waals surface area contributed by atoms with Gasteiger partial charge in [0.05, 0.1) is 0 Å². The molecular formula is C10H20N2O2. The zero-order chi connectivity index (χ0) is 10.4. The van der Waals surface area contributed by atoms with Gasteiger partial charge in [0.15, 0.2) is 0 Å². The zero-order valence-corrected chi connectivity index (χ0v) is 9.06. The summed E-state index contributed by atoms with van der Waals surface area (Å²) in [6.07, 6.45) is 2.58. The first-order chi connectivity index (χ1) is 6.75. The van der Waals surface area contributed by atoms with Gasteiger partial charge in [0.25, 0.3) is 0 Å². The highest BCUT2D eigenvalue weighted by atomic mass is 16.5. The van der Waals surface area contributed by atoms with Gasteiger partial charge in [-0.2, -0.15) is 0 Å². The summed E-state index contributed by atoms with van der Waals surface area (Å²) < 4.78 is 5.28. The molecule has 1 fully saturated rings. The molecule has 0 aliphatic carbocycles. The lowest BCUT2D eigenvalue weighted by Crippen LogP contribution is -2.59. The van der Waals surface area contributed by atoms with E-state index in [0.717, 1.165) is 25.8 Å². The third-order valence-electron chi connectivity index (χ3n) is 2.72. The van der Waals surface area contributed by atoms with E-state index >= 15 is 0 Å². The highest BCUT2D eigenvalue weighted by molar-refractivity contribution is 5.86. The van der Waals surface area contributed by atoms with Crippen LogP contribution in [0.15, 0.2) is 0 Å². The monoisotopic (exact) mass is 200 g/mol. The molecule has 2 N–H and O–H groups in total. The largest absolute Gasteiger partial charge is 0.381 e. The van der Waals surface area contributed by atoms with Gasteiger partial charge in [0.1, 0.15) is 5.54 Å². The smallest absolute Gasteiger partial charge is 0.240 e. The second kappa shape index (κ2) is 5.32. The molecule has 4 heteroatoms. The molecule has 0 saturated carbocycles. The molecule has 0 aromatic rings. The van der Waals surface area contributed by atoms with Crippen molar-refractivity contribution in [1.82, 2.24) is 10.6 Å². The minimum absolute atomic E-state index is 0.0919. The minimum atomic E-state index is -0.386. The fraction of sp³-hybridized carbons (Fsp3) is 0.900. The number of ether oxygens (including phenoxy) is 1. The molecule has 1 aliphatic rings. The van der Waals surface area contributed by atoms with Crippen LogP contribution in [0.25, 0.3) is 0 Å². The number of carbonyl (C=O) groups excluding carboxylic acids is 1. The Morgan fingerprint density at radius 3 is 2.57 bits per heavy atom. The Morgan fingerprint density at radius 2 is 2.07 bits per heavy atom. The molecule has 1 aliphatic heterocycles. The molecule has 1 saturated heterocycles. The number of nitrogens with one attached hydrogen (secondary N) is 2. The van der Waals surface area contributed by atoms with E-state index in [-0.39, 0.29) is 11.4 Å². The van der Waals surface area contributed by atoms with Gasteiger partial charge in [-0.15, -0.1) is 0 Å². The molecule has 0 aromatic carbocycles. The Morgan fingerprint density at radius 1 is 1.43 bits per heavy atom. The summed E-state index contributed by atoms with van der Waals surface area (Å²) in [5.41, 5.74) is -0.386. The normalized spacial score (nSPS) is 20.4. The maximum absolute atomic E-state index is 11.8. The van der Waals surface area contributed by atoms with Crippen molar-refractivity contribution in [3.8, 4) is 0 Å². The fourth-order valence-corrected chi connectivity index (χ4v) is 1.81. The van der Waals surface area contributed by atoms with Crippen LogP contribution in [-0.4, -0.2) is 38.3 Å². The topological polar surface area (TPSA) is 50.4 Å². The highest BCUT2D eigenvalue weighted by Crippen LogP contribution is 2.20. The Bertz CT molecular complexity index is 189. The number of amides is 1. The van der Waals surface area contributed by atoms with Gasteiger partial charge in [0, 0.05) is 20.3 Å². The highest BCUT2D eigenvalue weighted by Gasteiger charge is 2.38. The van der Waals surface area contributed by atoms with Crippen LogP contribution in [0.1, 0.15) is 26.2 Å². The van der Waals surface area contributed by atoms with Crippen molar-refractivity contribution >= 4 is 5.91 Å². The van der Waals surface area contributed by atoms with Crippen LogP contribution in [0.2, 0.25) is 0 Å². The number of rotatable bonds is 4. The molecule has 4 nitrogen and oxygen atoms in total. The van der Waals surface area contributed by atoms with E-state index in [1.807, 2.05) is 0 Å². The molecule has 1 amide bonds. The first kappa shape index (κ1) is 11.5. The Hall–Kier alpha value is -0.610. The first-order valence-electron chi connectivity index (χ1n) is 5.30. The lowest BCUT2D eigenvalue weighted by atomic mass is 9.89. The standard InChI is InChI=1S/C10H20N2O2/c1-3-6-12-10(9(13)11-2)4-7-14-8-5-10/h12H,3-8H2,1-2H3,(H,11,13). The Labute approximate surface area is 85.4 Å². The molecule has 0 atom stereocenters. The summed E-state index contributed by atoms with van der Waals surface area (Å²) in [7, 11) is 1.69. The summed E-state index contributed by atoms with van der Waals surface area (Å²) >= 11 is 0. The van der Waals surface area contributed by atoms with Crippen molar-refractivity contribution in [2.45, 2.75) is 31.7 Å². The first-order valence-corrected chi connectivity index (χ1v) is 5.30. The molecule has 1 heterocycles.